The molecular weight excluding hydrogens is 369 g/mol. The van der Waals surface area contributed by atoms with Crippen LogP contribution in [0.15, 0.2) is 22.7 Å². The average Bonchev–Trinajstić information content (AvgIpc) is 2.52. The highest BCUT2D eigenvalue weighted by Crippen LogP contribution is 2.37. The second-order valence-corrected chi connectivity index (χ2v) is 6.89. The summed E-state index contributed by atoms with van der Waals surface area (Å²) in [7, 11) is 0. The highest BCUT2D eigenvalue weighted by atomic mass is 79.9. The number of unbranched alkanes of at least 4 members (excludes halogenated alkanes) is 2. The van der Waals surface area contributed by atoms with Crippen LogP contribution in [0.2, 0.25) is 0 Å². The van der Waals surface area contributed by atoms with E-state index in [1.165, 1.54) is 12.1 Å². The number of benzene rings is 1. The molecule has 0 radical (unpaired) electrons. The predicted octanol–water partition coefficient (Wildman–Crippen LogP) is 4.99. The van der Waals surface area contributed by atoms with Gasteiger partial charge >= 0.3 is 6.18 Å². The van der Waals surface area contributed by atoms with Crippen LogP contribution >= 0.6 is 15.9 Å². The summed E-state index contributed by atoms with van der Waals surface area (Å²) in [4.78, 5) is 2.31. The van der Waals surface area contributed by atoms with Crippen LogP contribution in [0.4, 0.5) is 13.2 Å². The average molecular weight is 393 g/mol. The summed E-state index contributed by atoms with van der Waals surface area (Å²) in [6.07, 6.45) is -0.147. The summed E-state index contributed by atoms with van der Waals surface area (Å²) in [5.41, 5.74) is 0.198. The summed E-state index contributed by atoms with van der Waals surface area (Å²) < 4.78 is 40.0. The first-order valence-electron chi connectivity index (χ1n) is 8.25. The van der Waals surface area contributed by atoms with Crippen molar-refractivity contribution in [1.29, 1.82) is 0 Å². The maximum absolute atomic E-state index is 13.1. The van der Waals surface area contributed by atoms with Gasteiger partial charge in [0.15, 0.2) is 0 Å². The van der Waals surface area contributed by atoms with Gasteiger partial charge in [-0.05, 0) is 30.2 Å². The monoisotopic (exact) mass is 392 g/mol. The topological polar surface area (TPSA) is 15.3 Å². The van der Waals surface area contributed by atoms with E-state index in [2.05, 4.69) is 33.1 Å². The molecule has 1 heterocycles. The molecule has 1 aliphatic heterocycles. The van der Waals surface area contributed by atoms with Gasteiger partial charge in [0.05, 0.1) is 5.56 Å². The molecule has 0 aliphatic carbocycles. The summed E-state index contributed by atoms with van der Waals surface area (Å²) in [5.74, 6) is 0. The van der Waals surface area contributed by atoms with E-state index in [9.17, 15) is 13.2 Å². The number of alkyl halides is 3. The van der Waals surface area contributed by atoms with Crippen molar-refractivity contribution in [2.24, 2.45) is 0 Å². The Morgan fingerprint density at radius 3 is 2.52 bits per heavy atom. The van der Waals surface area contributed by atoms with E-state index in [1.807, 2.05) is 0 Å². The maximum Gasteiger partial charge on any atom is 0.416 e. The van der Waals surface area contributed by atoms with E-state index in [0.717, 1.165) is 68.0 Å². The number of nitrogens with zero attached hydrogens (tertiary/aromatic N) is 1. The molecule has 0 aromatic heterocycles. The molecule has 1 N–H and O–H groups in total. The molecule has 130 valence electrons. The highest BCUT2D eigenvalue weighted by Gasteiger charge is 2.32. The van der Waals surface area contributed by atoms with Crippen molar-refractivity contribution in [2.75, 3.05) is 26.2 Å². The molecule has 0 bridgehead atoms. The Morgan fingerprint density at radius 2 is 1.91 bits per heavy atom. The Hall–Kier alpha value is -0.590. The van der Waals surface area contributed by atoms with E-state index in [-0.39, 0.29) is 6.04 Å². The fraction of sp³-hybridized carbons (Fsp3) is 0.647. The minimum atomic E-state index is -4.30. The van der Waals surface area contributed by atoms with Crippen molar-refractivity contribution >= 4 is 15.9 Å². The van der Waals surface area contributed by atoms with Gasteiger partial charge in [0.2, 0.25) is 0 Å². The number of halogens is 4. The second-order valence-electron chi connectivity index (χ2n) is 6.03. The predicted molar refractivity (Wildman–Crippen MR) is 90.5 cm³/mol. The van der Waals surface area contributed by atoms with Crippen LogP contribution in [0.5, 0.6) is 0 Å². The molecule has 1 saturated heterocycles. The van der Waals surface area contributed by atoms with Crippen LogP contribution in [-0.4, -0.2) is 31.1 Å². The SMILES string of the molecule is CCCCC[C@H](c1cc(C(F)(F)F)ccc1Br)N1CCNCC1. The van der Waals surface area contributed by atoms with Crippen molar-refractivity contribution in [1.82, 2.24) is 10.2 Å². The third-order valence-electron chi connectivity index (χ3n) is 4.36. The van der Waals surface area contributed by atoms with Crippen LogP contribution in [0.25, 0.3) is 0 Å². The molecule has 0 saturated carbocycles. The zero-order chi connectivity index (χ0) is 16.9. The fourth-order valence-electron chi connectivity index (χ4n) is 3.09. The quantitative estimate of drug-likeness (QED) is 0.685. The Bertz CT molecular complexity index is 499. The van der Waals surface area contributed by atoms with E-state index in [0.29, 0.717) is 0 Å². The molecule has 1 atom stereocenters. The molecule has 0 unspecified atom stereocenters. The van der Waals surface area contributed by atoms with Gasteiger partial charge in [0, 0.05) is 36.7 Å². The third-order valence-corrected chi connectivity index (χ3v) is 5.08. The molecule has 1 aromatic rings. The number of hydrogen-bond donors (Lipinski definition) is 1. The lowest BCUT2D eigenvalue weighted by atomic mass is 9.96. The fourth-order valence-corrected chi connectivity index (χ4v) is 3.60. The van der Waals surface area contributed by atoms with E-state index >= 15 is 0 Å². The number of rotatable bonds is 6. The van der Waals surface area contributed by atoms with Crippen molar-refractivity contribution in [3.05, 3.63) is 33.8 Å². The molecule has 1 fully saturated rings. The van der Waals surface area contributed by atoms with Crippen molar-refractivity contribution < 1.29 is 13.2 Å². The van der Waals surface area contributed by atoms with Crippen LogP contribution in [-0.2, 0) is 6.18 Å². The zero-order valence-corrected chi connectivity index (χ0v) is 15.0. The van der Waals surface area contributed by atoms with Gasteiger partial charge in [0.1, 0.15) is 0 Å². The van der Waals surface area contributed by atoms with Crippen LogP contribution in [0.3, 0.4) is 0 Å². The molecule has 0 spiro atoms. The van der Waals surface area contributed by atoms with Crippen LogP contribution < -0.4 is 5.32 Å². The standard InChI is InChI=1S/C17H24BrF3N2/c1-2-3-4-5-16(23-10-8-22-9-11-23)14-12-13(17(19,20)21)6-7-15(14)18/h6-7,12,16,22H,2-5,8-11H2,1H3/t16-/m1/s1. The molecule has 2 rings (SSSR count). The molecular formula is C17H24BrF3N2. The van der Waals surface area contributed by atoms with Crippen LogP contribution in [0, 0.1) is 0 Å². The van der Waals surface area contributed by atoms with Crippen molar-refractivity contribution in [3.8, 4) is 0 Å². The van der Waals surface area contributed by atoms with Gasteiger partial charge in [-0.2, -0.15) is 13.2 Å². The first-order chi connectivity index (χ1) is 10.9. The summed E-state index contributed by atoms with van der Waals surface area (Å²) >= 11 is 3.46. The first kappa shape index (κ1) is 18.7. The van der Waals surface area contributed by atoms with Crippen LogP contribution in [0.1, 0.15) is 49.8 Å². The first-order valence-corrected chi connectivity index (χ1v) is 9.04. The largest absolute Gasteiger partial charge is 0.416 e. The van der Waals surface area contributed by atoms with Gasteiger partial charge in [0.25, 0.3) is 0 Å². The number of nitrogens with one attached hydrogen (secondary N) is 1. The summed E-state index contributed by atoms with van der Waals surface area (Å²) in [6, 6.07) is 4.05. The molecule has 23 heavy (non-hydrogen) atoms. The van der Waals surface area contributed by atoms with Gasteiger partial charge in [-0.15, -0.1) is 0 Å². The minimum Gasteiger partial charge on any atom is -0.314 e. The lowest BCUT2D eigenvalue weighted by Crippen LogP contribution is -2.45. The molecule has 1 aliphatic rings. The number of piperazine rings is 1. The van der Waals surface area contributed by atoms with E-state index < -0.39 is 11.7 Å². The van der Waals surface area contributed by atoms with Crippen molar-refractivity contribution in [3.63, 3.8) is 0 Å². The zero-order valence-electron chi connectivity index (χ0n) is 13.4. The molecule has 0 amide bonds. The van der Waals surface area contributed by atoms with Gasteiger partial charge in [-0.1, -0.05) is 42.1 Å². The van der Waals surface area contributed by atoms with E-state index in [4.69, 9.17) is 0 Å². The van der Waals surface area contributed by atoms with Gasteiger partial charge in [-0.3, -0.25) is 4.90 Å². The molecule has 1 aromatic carbocycles. The smallest absolute Gasteiger partial charge is 0.314 e. The third kappa shape index (κ3) is 5.19. The molecule has 6 heteroatoms. The van der Waals surface area contributed by atoms with Gasteiger partial charge in [-0.25, -0.2) is 0 Å². The normalized spacial score (nSPS) is 18.1. The number of hydrogen-bond acceptors (Lipinski definition) is 2. The highest BCUT2D eigenvalue weighted by molar-refractivity contribution is 9.10. The Balaban J connectivity index is 2.29. The lowest BCUT2D eigenvalue weighted by molar-refractivity contribution is -0.137. The maximum atomic E-state index is 13.1. The van der Waals surface area contributed by atoms with Crippen molar-refractivity contribution in [2.45, 2.75) is 44.8 Å². The lowest BCUT2D eigenvalue weighted by Gasteiger charge is -2.36. The summed E-state index contributed by atoms with van der Waals surface area (Å²) in [5, 5.41) is 3.31. The molecule has 2 nitrogen and oxygen atoms in total. The Labute approximate surface area is 144 Å². The van der Waals surface area contributed by atoms with Gasteiger partial charge < -0.3 is 5.32 Å². The van der Waals surface area contributed by atoms with E-state index in [1.54, 1.807) is 0 Å². The summed E-state index contributed by atoms with van der Waals surface area (Å²) in [6.45, 7) is 5.67. The minimum absolute atomic E-state index is 0.0420. The second kappa shape index (κ2) is 8.49. The Morgan fingerprint density at radius 1 is 1.22 bits per heavy atom. The Kier molecular flexibility index (Phi) is 6.92.